The Hall–Kier alpha value is -1.36. The van der Waals surface area contributed by atoms with E-state index in [1.165, 1.54) is 18.4 Å². The number of hydrogen-bond donors (Lipinski definition) is 1. The van der Waals surface area contributed by atoms with Gasteiger partial charge in [0.2, 0.25) is 0 Å². The monoisotopic (exact) mass is 292 g/mol. The topological polar surface area (TPSA) is 56.7 Å². The van der Waals surface area contributed by atoms with Crippen molar-refractivity contribution >= 4 is 21.7 Å². The van der Waals surface area contributed by atoms with Crippen LogP contribution in [-0.2, 0) is 0 Å². The lowest BCUT2D eigenvalue weighted by Crippen LogP contribution is -2.02. The summed E-state index contributed by atoms with van der Waals surface area (Å²) in [6.07, 6.45) is 2.37. The molecule has 1 fully saturated rings. The molecule has 0 amide bonds. The molecule has 2 N–H and O–H groups in total. The van der Waals surface area contributed by atoms with Gasteiger partial charge in [-0.1, -0.05) is 27.2 Å². The second-order valence-corrected chi connectivity index (χ2v) is 5.33. The highest BCUT2D eigenvalue weighted by molar-refractivity contribution is 9.10. The van der Waals surface area contributed by atoms with Crippen molar-refractivity contribution in [2.45, 2.75) is 25.7 Å². The first kappa shape index (κ1) is 10.8. The molecule has 2 aromatic rings. The average Bonchev–Trinajstić information content (AvgIpc) is 3.06. The molecule has 0 spiro atoms. The quantitative estimate of drug-likeness (QED) is 0.926. The average molecular weight is 293 g/mol. The van der Waals surface area contributed by atoms with E-state index in [0.29, 0.717) is 11.7 Å². The third-order valence-corrected chi connectivity index (χ3v) is 3.95. The number of rotatable bonds is 2. The van der Waals surface area contributed by atoms with Crippen LogP contribution in [0, 0.1) is 6.92 Å². The fourth-order valence-electron chi connectivity index (χ4n) is 1.94. The number of halogens is 1. The lowest BCUT2D eigenvalue weighted by Gasteiger charge is -2.07. The maximum atomic E-state index is 5.88. The van der Waals surface area contributed by atoms with Gasteiger partial charge in [-0.3, -0.25) is 0 Å². The summed E-state index contributed by atoms with van der Waals surface area (Å²) in [5.41, 5.74) is 9.15. The van der Waals surface area contributed by atoms with E-state index in [0.717, 1.165) is 15.9 Å². The van der Waals surface area contributed by atoms with Crippen LogP contribution in [0.3, 0.4) is 0 Å². The van der Waals surface area contributed by atoms with Crippen LogP contribution in [-0.4, -0.2) is 15.0 Å². The van der Waals surface area contributed by atoms with Crippen LogP contribution < -0.4 is 5.73 Å². The third-order valence-electron chi connectivity index (χ3n) is 3.10. The van der Waals surface area contributed by atoms with Gasteiger partial charge in [0, 0.05) is 10.4 Å². The molecule has 1 aliphatic carbocycles. The zero-order valence-electron chi connectivity index (χ0n) is 9.52. The fraction of sp³-hybridized carbons (Fsp3) is 0.333. The molecule has 1 aromatic heterocycles. The number of hydrogen-bond acceptors (Lipinski definition) is 3. The molecule has 3 rings (SSSR count). The van der Waals surface area contributed by atoms with Crippen molar-refractivity contribution in [3.8, 4) is 5.69 Å². The molecule has 1 aromatic carbocycles. The van der Waals surface area contributed by atoms with Crippen LogP contribution in [0.2, 0.25) is 0 Å². The largest absolute Gasteiger partial charge is 0.381 e. The van der Waals surface area contributed by atoms with E-state index in [1.54, 1.807) is 0 Å². The Morgan fingerprint density at radius 3 is 2.82 bits per heavy atom. The summed E-state index contributed by atoms with van der Waals surface area (Å²) in [5, 5.41) is 8.12. The van der Waals surface area contributed by atoms with Gasteiger partial charge in [-0.05, 0) is 37.5 Å². The van der Waals surface area contributed by atoms with Gasteiger partial charge in [0.15, 0.2) is 5.82 Å². The van der Waals surface area contributed by atoms with Gasteiger partial charge in [0.05, 0.1) is 11.4 Å². The van der Waals surface area contributed by atoms with E-state index in [-0.39, 0.29) is 0 Å². The van der Waals surface area contributed by atoms with Gasteiger partial charge in [-0.15, -0.1) is 5.10 Å². The van der Waals surface area contributed by atoms with E-state index >= 15 is 0 Å². The molecule has 88 valence electrons. The molecule has 1 aliphatic rings. The van der Waals surface area contributed by atoms with Crippen LogP contribution in [0.5, 0.6) is 0 Å². The highest BCUT2D eigenvalue weighted by Gasteiger charge is 2.31. The number of aromatic nitrogens is 3. The fourth-order valence-corrected chi connectivity index (χ4v) is 2.31. The van der Waals surface area contributed by atoms with Gasteiger partial charge in [-0.25, -0.2) is 4.68 Å². The van der Waals surface area contributed by atoms with Gasteiger partial charge in [0.1, 0.15) is 0 Å². The molecule has 0 radical (unpaired) electrons. The maximum absolute atomic E-state index is 5.88. The van der Waals surface area contributed by atoms with Crippen LogP contribution in [0.1, 0.15) is 30.0 Å². The molecular weight excluding hydrogens is 280 g/mol. The highest BCUT2D eigenvalue weighted by atomic mass is 79.9. The number of aryl methyl sites for hydroxylation is 1. The molecule has 0 aliphatic heterocycles. The molecule has 4 nitrogen and oxygen atoms in total. The number of benzene rings is 1. The zero-order chi connectivity index (χ0) is 12.0. The van der Waals surface area contributed by atoms with Crippen molar-refractivity contribution < 1.29 is 0 Å². The first-order chi connectivity index (χ1) is 8.16. The molecule has 1 heterocycles. The number of nitrogens with two attached hydrogens (primary N) is 1. The smallest absolute Gasteiger partial charge is 0.169 e. The Morgan fingerprint density at radius 1 is 1.41 bits per heavy atom. The second-order valence-electron chi connectivity index (χ2n) is 4.48. The van der Waals surface area contributed by atoms with Gasteiger partial charge in [-0.2, -0.15) is 0 Å². The van der Waals surface area contributed by atoms with Crippen molar-refractivity contribution in [2.24, 2.45) is 0 Å². The molecule has 0 saturated heterocycles. The lowest BCUT2D eigenvalue weighted by atomic mass is 10.2. The minimum absolute atomic E-state index is 0.532. The Balaban J connectivity index is 2.11. The van der Waals surface area contributed by atoms with E-state index in [1.807, 2.05) is 10.7 Å². The number of anilines is 1. The molecule has 0 bridgehead atoms. The predicted molar refractivity (Wildman–Crippen MR) is 70.2 cm³/mol. The summed E-state index contributed by atoms with van der Waals surface area (Å²) < 4.78 is 2.93. The molecule has 0 atom stereocenters. The highest BCUT2D eigenvalue weighted by Crippen LogP contribution is 2.42. The lowest BCUT2D eigenvalue weighted by molar-refractivity contribution is 0.763. The zero-order valence-corrected chi connectivity index (χ0v) is 11.1. The first-order valence-corrected chi connectivity index (χ1v) is 6.43. The summed E-state index contributed by atoms with van der Waals surface area (Å²) >= 11 is 3.53. The summed E-state index contributed by atoms with van der Waals surface area (Å²) in [7, 11) is 0. The van der Waals surface area contributed by atoms with Crippen LogP contribution in [0.4, 0.5) is 5.82 Å². The van der Waals surface area contributed by atoms with Crippen molar-refractivity contribution in [3.63, 3.8) is 0 Å². The predicted octanol–water partition coefficient (Wildman–Crippen LogP) is 2.80. The normalized spacial score (nSPS) is 15.2. The maximum Gasteiger partial charge on any atom is 0.169 e. The Morgan fingerprint density at radius 2 is 2.18 bits per heavy atom. The molecular formula is C12H13BrN4. The first-order valence-electron chi connectivity index (χ1n) is 5.64. The molecule has 0 unspecified atom stereocenters. The molecule has 5 heteroatoms. The summed E-state index contributed by atoms with van der Waals surface area (Å²) in [6, 6.07) is 6.16. The standard InChI is InChI=1S/C12H13BrN4/c1-7-2-5-9(6-10(7)13)17-11(8-3-4-8)12(14)15-16-17/h2,5-6,8H,3-4,14H2,1H3. The number of nitrogens with zero attached hydrogens (tertiary/aromatic N) is 3. The SMILES string of the molecule is Cc1ccc(-n2nnc(N)c2C2CC2)cc1Br. The second kappa shape index (κ2) is 3.84. The van der Waals surface area contributed by atoms with Crippen molar-refractivity contribution in [1.29, 1.82) is 0 Å². The Labute approximate surface area is 108 Å². The van der Waals surface area contributed by atoms with Gasteiger partial charge < -0.3 is 5.73 Å². The van der Waals surface area contributed by atoms with E-state index in [4.69, 9.17) is 5.73 Å². The van der Waals surface area contributed by atoms with Crippen LogP contribution in [0.15, 0.2) is 22.7 Å². The van der Waals surface area contributed by atoms with E-state index in [2.05, 4.69) is 45.3 Å². The van der Waals surface area contributed by atoms with Crippen molar-refractivity contribution in [3.05, 3.63) is 33.9 Å². The van der Waals surface area contributed by atoms with Crippen LogP contribution >= 0.6 is 15.9 Å². The summed E-state index contributed by atoms with van der Waals surface area (Å²) in [4.78, 5) is 0. The van der Waals surface area contributed by atoms with Crippen molar-refractivity contribution in [2.75, 3.05) is 5.73 Å². The summed E-state index contributed by atoms with van der Waals surface area (Å²) in [5.74, 6) is 1.09. The molecule has 17 heavy (non-hydrogen) atoms. The minimum atomic E-state index is 0.532. The minimum Gasteiger partial charge on any atom is -0.381 e. The van der Waals surface area contributed by atoms with E-state index in [9.17, 15) is 0 Å². The van der Waals surface area contributed by atoms with E-state index < -0.39 is 0 Å². The van der Waals surface area contributed by atoms with Crippen LogP contribution in [0.25, 0.3) is 5.69 Å². The third kappa shape index (κ3) is 1.84. The van der Waals surface area contributed by atoms with Gasteiger partial charge in [0.25, 0.3) is 0 Å². The number of nitrogen functional groups attached to an aromatic ring is 1. The van der Waals surface area contributed by atoms with Gasteiger partial charge >= 0.3 is 0 Å². The van der Waals surface area contributed by atoms with Crippen molar-refractivity contribution in [1.82, 2.24) is 15.0 Å². The summed E-state index contributed by atoms with van der Waals surface area (Å²) in [6.45, 7) is 2.06. The Bertz CT molecular complexity index is 572. The Kier molecular flexibility index (Phi) is 2.43. The molecule has 1 saturated carbocycles.